The number of hydrogen-bond acceptors (Lipinski definition) is 5. The average molecular weight is 407 g/mol. The molecule has 0 atom stereocenters. The van der Waals surface area contributed by atoms with Gasteiger partial charge in [-0.3, -0.25) is 20.4 Å². The van der Waals surface area contributed by atoms with Gasteiger partial charge in [0.2, 0.25) is 0 Å². The van der Waals surface area contributed by atoms with Crippen LogP contribution in [0.15, 0.2) is 53.0 Å². The van der Waals surface area contributed by atoms with Crippen LogP contribution in [0.3, 0.4) is 0 Å². The predicted molar refractivity (Wildman–Crippen MR) is 92.4 cm³/mol. The Morgan fingerprint density at radius 3 is 2.12 bits per heavy atom. The molecule has 0 saturated heterocycles. The number of hydrazine groups is 1. The van der Waals surface area contributed by atoms with E-state index in [4.69, 9.17) is 9.84 Å². The van der Waals surface area contributed by atoms with Gasteiger partial charge < -0.3 is 9.84 Å². The highest BCUT2D eigenvalue weighted by Gasteiger charge is 2.11. The summed E-state index contributed by atoms with van der Waals surface area (Å²) < 4.78 is 5.67. The standard InChI is InChI=1S/C17H15BrN2O5/c18-14-7-5-12(6-8-14)16(23)20-19-15(22)10-25-17(24)13-3-1-11(9-21)2-4-13/h1-8,21H,9-10H2,(H,19,22)(H,20,23). The first-order valence-electron chi connectivity index (χ1n) is 7.21. The number of nitrogens with one attached hydrogen (secondary N) is 2. The summed E-state index contributed by atoms with van der Waals surface area (Å²) in [5, 5.41) is 8.94. The molecule has 0 radical (unpaired) electrons. The van der Waals surface area contributed by atoms with E-state index in [1.54, 1.807) is 36.4 Å². The van der Waals surface area contributed by atoms with Crippen LogP contribution in [0, 0.1) is 0 Å². The second-order valence-corrected chi connectivity index (χ2v) is 5.86. The molecule has 0 spiro atoms. The van der Waals surface area contributed by atoms with Crippen LogP contribution < -0.4 is 10.9 Å². The topological polar surface area (TPSA) is 105 Å². The monoisotopic (exact) mass is 406 g/mol. The van der Waals surface area contributed by atoms with Gasteiger partial charge in [0.05, 0.1) is 12.2 Å². The lowest BCUT2D eigenvalue weighted by atomic mass is 10.1. The molecule has 2 amide bonds. The summed E-state index contributed by atoms with van der Waals surface area (Å²) in [7, 11) is 0. The molecular weight excluding hydrogens is 392 g/mol. The van der Waals surface area contributed by atoms with Gasteiger partial charge in [-0.05, 0) is 42.0 Å². The van der Waals surface area contributed by atoms with Gasteiger partial charge >= 0.3 is 5.97 Å². The predicted octanol–water partition coefficient (Wildman–Crippen LogP) is 1.56. The molecule has 8 heteroatoms. The lowest BCUT2D eigenvalue weighted by molar-refractivity contribution is -0.125. The van der Waals surface area contributed by atoms with E-state index in [0.29, 0.717) is 11.1 Å². The number of halogens is 1. The molecule has 0 heterocycles. The third kappa shape index (κ3) is 5.70. The molecule has 2 aromatic carbocycles. The van der Waals surface area contributed by atoms with Crippen LogP contribution in [0.5, 0.6) is 0 Å². The van der Waals surface area contributed by atoms with Crippen molar-refractivity contribution in [2.24, 2.45) is 0 Å². The molecule has 7 nitrogen and oxygen atoms in total. The molecule has 0 aliphatic rings. The van der Waals surface area contributed by atoms with E-state index in [9.17, 15) is 14.4 Å². The van der Waals surface area contributed by atoms with Gasteiger partial charge in [0.25, 0.3) is 11.8 Å². The van der Waals surface area contributed by atoms with Crippen molar-refractivity contribution in [3.8, 4) is 0 Å². The Kier molecular flexibility index (Phi) is 6.67. The first kappa shape index (κ1) is 18.6. The van der Waals surface area contributed by atoms with Crippen molar-refractivity contribution in [3.05, 3.63) is 69.7 Å². The van der Waals surface area contributed by atoms with Crippen LogP contribution in [0.2, 0.25) is 0 Å². The number of amides is 2. The molecule has 0 bridgehead atoms. The number of rotatable bonds is 5. The summed E-state index contributed by atoms with van der Waals surface area (Å²) in [6.07, 6.45) is 0. The number of benzene rings is 2. The van der Waals surface area contributed by atoms with Crippen LogP contribution in [-0.4, -0.2) is 29.5 Å². The van der Waals surface area contributed by atoms with Crippen LogP contribution in [0.1, 0.15) is 26.3 Å². The summed E-state index contributed by atoms with van der Waals surface area (Å²) in [5.74, 6) is -1.85. The molecule has 0 fully saturated rings. The molecule has 0 aromatic heterocycles. The minimum absolute atomic E-state index is 0.129. The number of carbonyl (C=O) groups is 3. The maximum Gasteiger partial charge on any atom is 0.338 e. The van der Waals surface area contributed by atoms with Crippen molar-refractivity contribution >= 4 is 33.7 Å². The summed E-state index contributed by atoms with van der Waals surface area (Å²) in [5.41, 5.74) is 5.66. The van der Waals surface area contributed by atoms with Gasteiger partial charge in [-0.15, -0.1) is 0 Å². The second-order valence-electron chi connectivity index (χ2n) is 4.94. The van der Waals surface area contributed by atoms with Crippen molar-refractivity contribution in [1.82, 2.24) is 10.9 Å². The van der Waals surface area contributed by atoms with E-state index in [2.05, 4.69) is 26.8 Å². The van der Waals surface area contributed by atoms with Crippen LogP contribution in [-0.2, 0) is 16.1 Å². The molecule has 2 aromatic rings. The van der Waals surface area contributed by atoms with Gasteiger partial charge in [0.1, 0.15) is 0 Å². The Bertz CT molecular complexity index is 760. The minimum atomic E-state index is -0.682. The maximum absolute atomic E-state index is 11.8. The maximum atomic E-state index is 11.8. The zero-order chi connectivity index (χ0) is 18.2. The normalized spacial score (nSPS) is 10.0. The zero-order valence-corrected chi connectivity index (χ0v) is 14.6. The highest BCUT2D eigenvalue weighted by molar-refractivity contribution is 9.10. The van der Waals surface area contributed by atoms with E-state index >= 15 is 0 Å². The smallest absolute Gasteiger partial charge is 0.338 e. The van der Waals surface area contributed by atoms with Gasteiger partial charge in [-0.25, -0.2) is 4.79 Å². The summed E-state index contributed by atoms with van der Waals surface area (Å²) in [6, 6.07) is 12.7. The average Bonchev–Trinajstić information content (AvgIpc) is 2.64. The third-order valence-corrected chi connectivity index (χ3v) is 3.66. The quantitative estimate of drug-likeness (QED) is 0.516. The Labute approximate surface area is 152 Å². The number of carbonyl (C=O) groups excluding carboxylic acids is 3. The molecule has 3 N–H and O–H groups in total. The molecule has 0 saturated carbocycles. The Morgan fingerprint density at radius 2 is 1.52 bits per heavy atom. The third-order valence-electron chi connectivity index (χ3n) is 3.13. The minimum Gasteiger partial charge on any atom is -0.452 e. The molecule has 0 unspecified atom stereocenters. The van der Waals surface area contributed by atoms with E-state index in [1.165, 1.54) is 12.1 Å². The van der Waals surface area contributed by atoms with Crippen molar-refractivity contribution in [2.75, 3.05) is 6.61 Å². The van der Waals surface area contributed by atoms with E-state index < -0.39 is 24.4 Å². The lowest BCUT2D eigenvalue weighted by Gasteiger charge is -2.08. The fraction of sp³-hybridized carbons (Fsp3) is 0.118. The summed E-state index contributed by atoms with van der Waals surface area (Å²) in [6.45, 7) is -0.670. The van der Waals surface area contributed by atoms with Crippen molar-refractivity contribution in [1.29, 1.82) is 0 Å². The van der Waals surface area contributed by atoms with Gasteiger partial charge in [0.15, 0.2) is 6.61 Å². The van der Waals surface area contributed by atoms with Gasteiger partial charge in [-0.2, -0.15) is 0 Å². The molecule has 130 valence electrons. The van der Waals surface area contributed by atoms with E-state index in [-0.39, 0.29) is 12.2 Å². The number of aliphatic hydroxyl groups excluding tert-OH is 1. The Hall–Kier alpha value is -2.71. The van der Waals surface area contributed by atoms with Crippen LogP contribution in [0.4, 0.5) is 0 Å². The molecule has 2 rings (SSSR count). The first-order valence-corrected chi connectivity index (χ1v) is 8.00. The number of esters is 1. The fourth-order valence-electron chi connectivity index (χ4n) is 1.80. The second kappa shape index (κ2) is 8.95. The Morgan fingerprint density at radius 1 is 0.920 bits per heavy atom. The summed E-state index contributed by atoms with van der Waals surface area (Å²) in [4.78, 5) is 35.2. The number of aliphatic hydroxyl groups is 1. The largest absolute Gasteiger partial charge is 0.452 e. The molecular formula is C17H15BrN2O5. The van der Waals surface area contributed by atoms with Gasteiger partial charge in [0, 0.05) is 10.0 Å². The van der Waals surface area contributed by atoms with E-state index in [0.717, 1.165) is 4.47 Å². The van der Waals surface area contributed by atoms with Gasteiger partial charge in [-0.1, -0.05) is 28.1 Å². The Balaban J connectivity index is 1.77. The molecule has 0 aliphatic carbocycles. The van der Waals surface area contributed by atoms with E-state index in [1.807, 2.05) is 0 Å². The number of ether oxygens (including phenoxy) is 1. The van der Waals surface area contributed by atoms with Crippen molar-refractivity contribution in [2.45, 2.75) is 6.61 Å². The summed E-state index contributed by atoms with van der Waals surface area (Å²) >= 11 is 3.26. The fourth-order valence-corrected chi connectivity index (χ4v) is 2.06. The number of hydrogen-bond donors (Lipinski definition) is 3. The molecule has 25 heavy (non-hydrogen) atoms. The molecule has 0 aliphatic heterocycles. The van der Waals surface area contributed by atoms with Crippen LogP contribution >= 0.6 is 15.9 Å². The lowest BCUT2D eigenvalue weighted by Crippen LogP contribution is -2.43. The first-order chi connectivity index (χ1) is 12.0. The zero-order valence-electron chi connectivity index (χ0n) is 13.0. The highest BCUT2D eigenvalue weighted by Crippen LogP contribution is 2.10. The van der Waals surface area contributed by atoms with Crippen molar-refractivity contribution in [3.63, 3.8) is 0 Å². The highest BCUT2D eigenvalue weighted by atomic mass is 79.9. The SMILES string of the molecule is O=C(COC(=O)c1ccc(CO)cc1)NNC(=O)c1ccc(Br)cc1. The van der Waals surface area contributed by atoms with Crippen molar-refractivity contribution < 1.29 is 24.2 Å². The van der Waals surface area contributed by atoms with Crippen LogP contribution in [0.25, 0.3) is 0 Å².